The minimum absolute atomic E-state index is 0.0810. The molecular weight excluding hydrogens is 280 g/mol. The van der Waals surface area contributed by atoms with Crippen molar-refractivity contribution in [2.75, 3.05) is 13.2 Å². The van der Waals surface area contributed by atoms with E-state index in [1.807, 2.05) is 0 Å². The molecule has 0 aromatic heterocycles. The zero-order valence-electron chi connectivity index (χ0n) is 10.2. The first-order valence-corrected chi connectivity index (χ1v) is 7.53. The zero-order valence-corrected chi connectivity index (χ0v) is 11.9. The van der Waals surface area contributed by atoms with E-state index in [-0.39, 0.29) is 18.2 Å². The number of hydrogen-bond acceptors (Lipinski definition) is 4. The monoisotopic (exact) mass is 295 g/mol. The molecule has 0 bridgehead atoms. The van der Waals surface area contributed by atoms with Gasteiger partial charge >= 0.3 is 7.60 Å². The van der Waals surface area contributed by atoms with Gasteiger partial charge in [-0.1, -0.05) is 17.7 Å². The van der Waals surface area contributed by atoms with Gasteiger partial charge in [0.1, 0.15) is 11.6 Å². The third-order valence-electron chi connectivity index (χ3n) is 2.24. The molecule has 0 amide bonds. The van der Waals surface area contributed by atoms with Crippen LogP contribution in [-0.2, 0) is 13.6 Å². The summed E-state index contributed by atoms with van der Waals surface area (Å²) in [4.78, 5) is 0. The summed E-state index contributed by atoms with van der Waals surface area (Å²) in [7, 11) is -3.47. The Kier molecular flexibility index (Phi) is 5.76. The predicted molar refractivity (Wildman–Crippen MR) is 69.2 cm³/mol. The van der Waals surface area contributed by atoms with E-state index in [0.29, 0.717) is 5.56 Å². The normalized spacial score (nSPS) is 13.6. The van der Waals surface area contributed by atoms with Crippen molar-refractivity contribution >= 4 is 19.2 Å². The largest absolute Gasteiger partial charge is 0.351 e. The molecular formula is C11H16ClFNO3P. The highest BCUT2D eigenvalue weighted by molar-refractivity contribution is 7.54. The van der Waals surface area contributed by atoms with Crippen LogP contribution in [0.4, 0.5) is 4.39 Å². The van der Waals surface area contributed by atoms with E-state index in [0.717, 1.165) is 0 Å². The van der Waals surface area contributed by atoms with Crippen molar-refractivity contribution in [3.8, 4) is 0 Å². The molecule has 4 nitrogen and oxygen atoms in total. The number of hydrogen-bond donors (Lipinski definition) is 1. The van der Waals surface area contributed by atoms with Crippen LogP contribution in [0.3, 0.4) is 0 Å². The summed E-state index contributed by atoms with van der Waals surface area (Å²) < 4.78 is 35.7. The van der Waals surface area contributed by atoms with E-state index in [1.54, 1.807) is 13.8 Å². The molecule has 2 N–H and O–H groups in total. The molecule has 0 unspecified atom stereocenters. The van der Waals surface area contributed by atoms with Crippen molar-refractivity contribution in [2.45, 2.75) is 19.6 Å². The third-order valence-corrected chi connectivity index (χ3v) is 4.75. The van der Waals surface area contributed by atoms with Crippen molar-refractivity contribution in [2.24, 2.45) is 5.73 Å². The van der Waals surface area contributed by atoms with Crippen LogP contribution in [0.5, 0.6) is 0 Å². The molecule has 1 aromatic rings. The summed E-state index contributed by atoms with van der Waals surface area (Å²) in [5.41, 5.74) is 6.28. The maximum atomic E-state index is 13.1. The van der Waals surface area contributed by atoms with Crippen LogP contribution in [0.2, 0.25) is 5.02 Å². The maximum absolute atomic E-state index is 13.1. The molecule has 1 rings (SSSR count). The van der Waals surface area contributed by atoms with Crippen LogP contribution in [-0.4, -0.2) is 13.2 Å². The van der Waals surface area contributed by atoms with Gasteiger partial charge in [0, 0.05) is 0 Å². The Labute approximate surface area is 111 Å². The second kappa shape index (κ2) is 6.64. The van der Waals surface area contributed by atoms with Gasteiger partial charge in [0.05, 0.1) is 18.2 Å². The highest BCUT2D eigenvalue weighted by atomic mass is 35.5. The Morgan fingerprint density at radius 3 is 2.39 bits per heavy atom. The lowest BCUT2D eigenvalue weighted by Crippen LogP contribution is -2.15. The van der Waals surface area contributed by atoms with Gasteiger partial charge in [0.2, 0.25) is 0 Å². The molecule has 1 atom stereocenters. The van der Waals surface area contributed by atoms with Crippen LogP contribution >= 0.6 is 19.2 Å². The second-order valence-corrected chi connectivity index (χ2v) is 6.05. The highest BCUT2D eigenvalue weighted by Gasteiger charge is 2.34. The average Bonchev–Trinajstić information content (AvgIpc) is 2.32. The maximum Gasteiger partial charge on any atom is 0.351 e. The molecule has 0 radical (unpaired) electrons. The molecule has 0 aliphatic heterocycles. The minimum Gasteiger partial charge on any atom is -0.314 e. The second-order valence-electron chi connectivity index (χ2n) is 3.49. The summed E-state index contributed by atoms with van der Waals surface area (Å²) in [6.45, 7) is 3.80. The SMILES string of the molecule is CCOP(=O)(OCC)[C@H](N)c1ccc(F)c(Cl)c1. The molecule has 0 fully saturated rings. The Balaban J connectivity index is 3.05. The topological polar surface area (TPSA) is 61.5 Å². The standard InChI is InChI=1S/C11H16ClFNO3P/c1-3-16-18(15,17-4-2)11(14)8-5-6-10(13)9(12)7-8/h5-7,11H,3-4,14H2,1-2H3/t11-/m0/s1. The fourth-order valence-corrected chi connectivity index (χ4v) is 3.27. The first-order chi connectivity index (χ1) is 8.44. The first kappa shape index (κ1) is 15.6. The van der Waals surface area contributed by atoms with Gasteiger partial charge in [-0.25, -0.2) is 4.39 Å². The van der Waals surface area contributed by atoms with Crippen molar-refractivity contribution in [3.63, 3.8) is 0 Å². The van der Waals surface area contributed by atoms with Crippen LogP contribution in [0.25, 0.3) is 0 Å². The van der Waals surface area contributed by atoms with E-state index in [4.69, 9.17) is 26.4 Å². The molecule has 1 aromatic carbocycles. The van der Waals surface area contributed by atoms with Crippen LogP contribution in [0, 0.1) is 5.82 Å². The Bertz CT molecular complexity index is 448. The third kappa shape index (κ3) is 3.53. The molecule has 0 aliphatic rings. The fraction of sp³-hybridized carbons (Fsp3) is 0.455. The van der Waals surface area contributed by atoms with Gasteiger partial charge in [0.25, 0.3) is 0 Å². The Morgan fingerprint density at radius 2 is 1.94 bits per heavy atom. The highest BCUT2D eigenvalue weighted by Crippen LogP contribution is 2.58. The molecule has 102 valence electrons. The van der Waals surface area contributed by atoms with E-state index in [2.05, 4.69) is 0 Å². The smallest absolute Gasteiger partial charge is 0.314 e. The van der Waals surface area contributed by atoms with Crippen LogP contribution in [0.1, 0.15) is 25.2 Å². The van der Waals surface area contributed by atoms with E-state index < -0.39 is 19.2 Å². The summed E-state index contributed by atoms with van der Waals surface area (Å²) in [6.07, 6.45) is 0. The average molecular weight is 296 g/mol. The number of rotatable bonds is 6. The molecule has 7 heteroatoms. The molecule has 0 spiro atoms. The first-order valence-electron chi connectivity index (χ1n) is 5.54. The minimum atomic E-state index is -3.47. The summed E-state index contributed by atoms with van der Waals surface area (Å²) >= 11 is 5.66. The zero-order chi connectivity index (χ0) is 13.8. The summed E-state index contributed by atoms with van der Waals surface area (Å²) in [6, 6.07) is 3.91. The van der Waals surface area contributed by atoms with E-state index in [1.165, 1.54) is 18.2 Å². The quantitative estimate of drug-likeness (QED) is 0.813. The number of halogens is 2. The summed E-state index contributed by atoms with van der Waals surface area (Å²) in [5.74, 6) is -1.55. The number of nitrogens with two attached hydrogens (primary N) is 1. The summed E-state index contributed by atoms with van der Waals surface area (Å²) in [5, 5.41) is -0.0810. The van der Waals surface area contributed by atoms with Gasteiger partial charge in [-0.2, -0.15) is 0 Å². The molecule has 0 saturated heterocycles. The van der Waals surface area contributed by atoms with Gasteiger partial charge in [-0.3, -0.25) is 4.57 Å². The van der Waals surface area contributed by atoms with Gasteiger partial charge in [0.15, 0.2) is 0 Å². The molecule has 18 heavy (non-hydrogen) atoms. The fourth-order valence-electron chi connectivity index (χ4n) is 1.44. The lowest BCUT2D eigenvalue weighted by molar-refractivity contribution is 0.212. The number of benzene rings is 1. The van der Waals surface area contributed by atoms with Crippen LogP contribution < -0.4 is 5.73 Å². The van der Waals surface area contributed by atoms with Crippen molar-refractivity contribution < 1.29 is 18.0 Å². The van der Waals surface area contributed by atoms with Crippen molar-refractivity contribution in [1.29, 1.82) is 0 Å². The van der Waals surface area contributed by atoms with Gasteiger partial charge < -0.3 is 14.8 Å². The van der Waals surface area contributed by atoms with Crippen LogP contribution in [0.15, 0.2) is 18.2 Å². The lowest BCUT2D eigenvalue weighted by Gasteiger charge is -2.23. The lowest BCUT2D eigenvalue weighted by atomic mass is 10.2. The predicted octanol–water partition coefficient (Wildman–Crippen LogP) is 3.70. The van der Waals surface area contributed by atoms with Crippen molar-refractivity contribution in [1.82, 2.24) is 0 Å². The van der Waals surface area contributed by atoms with Gasteiger partial charge in [-0.15, -0.1) is 0 Å². The van der Waals surface area contributed by atoms with E-state index in [9.17, 15) is 8.96 Å². The van der Waals surface area contributed by atoms with Crippen molar-refractivity contribution in [3.05, 3.63) is 34.6 Å². The molecule has 0 heterocycles. The van der Waals surface area contributed by atoms with E-state index >= 15 is 0 Å². The Hall–Kier alpha value is -0.450. The van der Waals surface area contributed by atoms with Gasteiger partial charge in [-0.05, 0) is 31.5 Å². The molecule has 0 aliphatic carbocycles. The molecule has 0 saturated carbocycles. The Morgan fingerprint density at radius 1 is 1.39 bits per heavy atom.